The van der Waals surface area contributed by atoms with Crippen LogP contribution < -0.4 is 0 Å². The fourth-order valence-corrected chi connectivity index (χ4v) is 2.07. The molecule has 0 aromatic heterocycles. The second-order valence-corrected chi connectivity index (χ2v) is 4.32. The number of carbonyl (C=O) groups excluding carboxylic acids is 1. The predicted octanol–water partition coefficient (Wildman–Crippen LogP) is 1.14. The molecule has 0 unspecified atom stereocenters. The molecule has 0 bridgehead atoms. The third kappa shape index (κ3) is 3.27. The highest BCUT2D eigenvalue weighted by molar-refractivity contribution is 5.47. The molecule has 0 aliphatic carbocycles. The van der Waals surface area contributed by atoms with E-state index < -0.39 is 0 Å². The molecule has 2 rings (SSSR count). The van der Waals surface area contributed by atoms with Crippen LogP contribution >= 0.6 is 0 Å². The first kappa shape index (κ1) is 12.0. The number of hydrogen-bond donors (Lipinski definition) is 0. The smallest absolute Gasteiger partial charge is 0.209 e. The van der Waals surface area contributed by atoms with E-state index in [9.17, 15) is 9.18 Å². The van der Waals surface area contributed by atoms with Gasteiger partial charge in [-0.15, -0.1) is 0 Å². The van der Waals surface area contributed by atoms with Gasteiger partial charge in [0.15, 0.2) is 0 Å². The molecule has 1 aliphatic heterocycles. The molecular weight excluding hydrogens is 219 g/mol. The van der Waals surface area contributed by atoms with E-state index in [-0.39, 0.29) is 5.82 Å². The van der Waals surface area contributed by atoms with Crippen LogP contribution in [0.4, 0.5) is 4.39 Å². The van der Waals surface area contributed by atoms with Crippen molar-refractivity contribution in [3.05, 3.63) is 35.6 Å². The van der Waals surface area contributed by atoms with E-state index in [1.807, 2.05) is 12.1 Å². The molecule has 0 spiro atoms. The lowest BCUT2D eigenvalue weighted by molar-refractivity contribution is -0.119. The van der Waals surface area contributed by atoms with Gasteiger partial charge in [0.25, 0.3) is 0 Å². The molecular formula is C13H17FN2O. The van der Waals surface area contributed by atoms with Crippen molar-refractivity contribution in [2.45, 2.75) is 6.42 Å². The van der Waals surface area contributed by atoms with E-state index in [1.54, 1.807) is 11.0 Å². The van der Waals surface area contributed by atoms with Gasteiger partial charge in [0.1, 0.15) is 5.82 Å². The molecule has 3 nitrogen and oxygen atoms in total. The van der Waals surface area contributed by atoms with Crippen molar-refractivity contribution in [2.24, 2.45) is 0 Å². The molecule has 0 N–H and O–H groups in total. The van der Waals surface area contributed by atoms with Gasteiger partial charge in [-0.2, -0.15) is 0 Å². The summed E-state index contributed by atoms with van der Waals surface area (Å²) in [6, 6.07) is 6.90. The number of hydrogen-bond acceptors (Lipinski definition) is 2. The Balaban J connectivity index is 1.80. The minimum absolute atomic E-state index is 0.126. The largest absolute Gasteiger partial charge is 0.343 e. The Morgan fingerprint density at radius 2 is 1.88 bits per heavy atom. The number of halogens is 1. The topological polar surface area (TPSA) is 23.6 Å². The molecule has 0 saturated carbocycles. The summed E-state index contributed by atoms with van der Waals surface area (Å²) in [4.78, 5) is 14.6. The summed E-state index contributed by atoms with van der Waals surface area (Å²) >= 11 is 0. The molecule has 1 aromatic carbocycles. The van der Waals surface area contributed by atoms with Crippen LogP contribution in [0.1, 0.15) is 5.56 Å². The molecule has 1 aromatic rings. The van der Waals surface area contributed by atoms with Crippen LogP contribution in [0.5, 0.6) is 0 Å². The van der Waals surface area contributed by atoms with Gasteiger partial charge in [0.05, 0.1) is 0 Å². The molecule has 1 fully saturated rings. The van der Waals surface area contributed by atoms with Crippen LogP contribution in [-0.2, 0) is 11.2 Å². The van der Waals surface area contributed by atoms with Crippen LogP contribution in [0.3, 0.4) is 0 Å². The second-order valence-electron chi connectivity index (χ2n) is 4.32. The van der Waals surface area contributed by atoms with Crippen LogP contribution in [0.25, 0.3) is 0 Å². The molecule has 1 saturated heterocycles. The number of benzene rings is 1. The Morgan fingerprint density at radius 1 is 1.18 bits per heavy atom. The van der Waals surface area contributed by atoms with Gasteiger partial charge in [0, 0.05) is 32.7 Å². The number of piperazine rings is 1. The first-order valence-corrected chi connectivity index (χ1v) is 5.94. The van der Waals surface area contributed by atoms with Crippen LogP contribution in [-0.4, -0.2) is 48.9 Å². The number of nitrogens with zero attached hydrogens (tertiary/aromatic N) is 2. The minimum Gasteiger partial charge on any atom is -0.343 e. The fraction of sp³-hybridized carbons (Fsp3) is 0.462. The van der Waals surface area contributed by atoms with E-state index in [0.29, 0.717) is 0 Å². The summed E-state index contributed by atoms with van der Waals surface area (Å²) in [7, 11) is 0. The Morgan fingerprint density at radius 3 is 2.53 bits per heavy atom. The first-order valence-electron chi connectivity index (χ1n) is 5.94. The zero-order chi connectivity index (χ0) is 12.1. The average Bonchev–Trinajstić information content (AvgIpc) is 2.38. The van der Waals surface area contributed by atoms with Crippen LogP contribution in [0, 0.1) is 5.82 Å². The SMILES string of the molecule is O=CN1CCN(CCc2ccccc2F)CC1. The predicted molar refractivity (Wildman–Crippen MR) is 64.2 cm³/mol. The van der Waals surface area contributed by atoms with Crippen molar-refractivity contribution in [3.8, 4) is 0 Å². The number of rotatable bonds is 4. The number of amides is 1. The van der Waals surface area contributed by atoms with Crippen molar-refractivity contribution in [3.63, 3.8) is 0 Å². The normalized spacial score (nSPS) is 17.1. The van der Waals surface area contributed by atoms with E-state index in [1.165, 1.54) is 6.07 Å². The van der Waals surface area contributed by atoms with E-state index in [0.717, 1.165) is 51.1 Å². The van der Waals surface area contributed by atoms with Crippen molar-refractivity contribution < 1.29 is 9.18 Å². The summed E-state index contributed by atoms with van der Waals surface area (Å²) < 4.78 is 13.4. The van der Waals surface area contributed by atoms with Crippen molar-refractivity contribution in [1.29, 1.82) is 0 Å². The maximum atomic E-state index is 13.4. The Hall–Kier alpha value is -1.42. The van der Waals surface area contributed by atoms with E-state index in [2.05, 4.69) is 4.90 Å². The first-order chi connectivity index (χ1) is 8.29. The molecule has 4 heteroatoms. The van der Waals surface area contributed by atoms with Crippen LogP contribution in [0.2, 0.25) is 0 Å². The maximum Gasteiger partial charge on any atom is 0.209 e. The standard InChI is InChI=1S/C13H17FN2O/c14-13-4-2-1-3-12(13)5-6-15-7-9-16(11-17)10-8-15/h1-4,11H,5-10H2. The van der Waals surface area contributed by atoms with E-state index >= 15 is 0 Å². The molecule has 0 atom stereocenters. The molecule has 1 amide bonds. The lowest BCUT2D eigenvalue weighted by atomic mass is 10.1. The quantitative estimate of drug-likeness (QED) is 0.732. The lowest BCUT2D eigenvalue weighted by Crippen LogP contribution is -2.46. The van der Waals surface area contributed by atoms with Crippen molar-refractivity contribution >= 4 is 6.41 Å². The molecule has 17 heavy (non-hydrogen) atoms. The summed E-state index contributed by atoms with van der Waals surface area (Å²) in [5.41, 5.74) is 0.769. The summed E-state index contributed by atoms with van der Waals surface area (Å²) in [6.45, 7) is 4.18. The zero-order valence-corrected chi connectivity index (χ0v) is 9.81. The third-order valence-corrected chi connectivity index (χ3v) is 3.21. The van der Waals surface area contributed by atoms with Gasteiger partial charge in [-0.1, -0.05) is 18.2 Å². The van der Waals surface area contributed by atoms with E-state index in [4.69, 9.17) is 0 Å². The highest BCUT2D eigenvalue weighted by atomic mass is 19.1. The third-order valence-electron chi connectivity index (χ3n) is 3.21. The van der Waals surface area contributed by atoms with Gasteiger partial charge in [-0.25, -0.2) is 4.39 Å². The minimum atomic E-state index is -0.126. The van der Waals surface area contributed by atoms with Gasteiger partial charge in [-0.3, -0.25) is 9.69 Å². The van der Waals surface area contributed by atoms with Gasteiger partial charge < -0.3 is 4.90 Å². The molecule has 1 heterocycles. The lowest BCUT2D eigenvalue weighted by Gasteiger charge is -2.32. The summed E-state index contributed by atoms with van der Waals surface area (Å²) in [6.07, 6.45) is 1.63. The zero-order valence-electron chi connectivity index (χ0n) is 9.81. The maximum absolute atomic E-state index is 13.4. The monoisotopic (exact) mass is 236 g/mol. The van der Waals surface area contributed by atoms with Crippen molar-refractivity contribution in [1.82, 2.24) is 9.80 Å². The fourth-order valence-electron chi connectivity index (χ4n) is 2.07. The van der Waals surface area contributed by atoms with Gasteiger partial charge in [0.2, 0.25) is 6.41 Å². The highest BCUT2D eigenvalue weighted by Crippen LogP contribution is 2.08. The molecule has 0 radical (unpaired) electrons. The Kier molecular flexibility index (Phi) is 4.09. The van der Waals surface area contributed by atoms with Gasteiger partial charge >= 0.3 is 0 Å². The second kappa shape index (κ2) is 5.77. The van der Waals surface area contributed by atoms with Crippen LogP contribution in [0.15, 0.2) is 24.3 Å². The molecule has 1 aliphatic rings. The van der Waals surface area contributed by atoms with Gasteiger partial charge in [-0.05, 0) is 18.1 Å². The summed E-state index contributed by atoms with van der Waals surface area (Å²) in [5, 5.41) is 0. The average molecular weight is 236 g/mol. The highest BCUT2D eigenvalue weighted by Gasteiger charge is 2.15. The summed E-state index contributed by atoms with van der Waals surface area (Å²) in [5.74, 6) is -0.126. The van der Waals surface area contributed by atoms with Crippen molar-refractivity contribution in [2.75, 3.05) is 32.7 Å². The number of carbonyl (C=O) groups is 1. The molecule has 92 valence electrons. The Labute approximate surface area is 101 Å². The Bertz CT molecular complexity index is 375.